The summed E-state index contributed by atoms with van der Waals surface area (Å²) in [6, 6.07) is 10.2. The SMILES string of the molecule is O=C1C=C(CCCOCc2ccccc2)CCC1. The van der Waals surface area contributed by atoms with Crippen LogP contribution in [0.15, 0.2) is 42.0 Å². The minimum Gasteiger partial charge on any atom is -0.377 e. The van der Waals surface area contributed by atoms with E-state index in [1.165, 1.54) is 11.1 Å². The monoisotopic (exact) mass is 244 g/mol. The summed E-state index contributed by atoms with van der Waals surface area (Å²) in [5, 5.41) is 0. The van der Waals surface area contributed by atoms with E-state index in [2.05, 4.69) is 12.1 Å². The van der Waals surface area contributed by atoms with Crippen LogP contribution in [-0.4, -0.2) is 12.4 Å². The predicted octanol–water partition coefficient (Wildman–Crippen LogP) is 3.66. The molecule has 0 amide bonds. The standard InChI is InChI=1S/C16H20O2/c17-16-10-4-8-14(12-16)9-5-11-18-13-15-6-2-1-3-7-15/h1-3,6-7,12H,4-5,8-11,13H2. The Bertz CT molecular complexity index is 406. The van der Waals surface area contributed by atoms with Crippen LogP contribution in [0, 0.1) is 0 Å². The van der Waals surface area contributed by atoms with E-state index < -0.39 is 0 Å². The Hall–Kier alpha value is -1.41. The lowest BCUT2D eigenvalue weighted by molar-refractivity contribution is -0.115. The van der Waals surface area contributed by atoms with Crippen LogP contribution in [-0.2, 0) is 16.1 Å². The number of carbonyl (C=O) groups is 1. The zero-order chi connectivity index (χ0) is 12.6. The van der Waals surface area contributed by atoms with Crippen molar-refractivity contribution in [3.63, 3.8) is 0 Å². The zero-order valence-electron chi connectivity index (χ0n) is 10.7. The molecule has 0 atom stereocenters. The van der Waals surface area contributed by atoms with Crippen molar-refractivity contribution in [1.82, 2.24) is 0 Å². The van der Waals surface area contributed by atoms with Crippen LogP contribution in [0.3, 0.4) is 0 Å². The molecule has 2 heteroatoms. The van der Waals surface area contributed by atoms with Crippen molar-refractivity contribution in [3.05, 3.63) is 47.5 Å². The first-order valence-electron chi connectivity index (χ1n) is 6.68. The number of hydrogen-bond donors (Lipinski definition) is 0. The first kappa shape index (κ1) is 13.0. The molecule has 0 aromatic heterocycles. The van der Waals surface area contributed by atoms with Gasteiger partial charge in [-0.2, -0.15) is 0 Å². The summed E-state index contributed by atoms with van der Waals surface area (Å²) < 4.78 is 5.63. The van der Waals surface area contributed by atoms with Crippen molar-refractivity contribution in [1.29, 1.82) is 0 Å². The van der Waals surface area contributed by atoms with E-state index in [9.17, 15) is 4.79 Å². The molecule has 1 aliphatic carbocycles. The molecule has 96 valence electrons. The molecule has 1 aromatic carbocycles. The van der Waals surface area contributed by atoms with Gasteiger partial charge >= 0.3 is 0 Å². The van der Waals surface area contributed by atoms with E-state index >= 15 is 0 Å². The molecule has 0 saturated heterocycles. The molecule has 18 heavy (non-hydrogen) atoms. The van der Waals surface area contributed by atoms with Gasteiger partial charge in [-0.15, -0.1) is 0 Å². The number of ketones is 1. The van der Waals surface area contributed by atoms with Crippen molar-refractivity contribution in [3.8, 4) is 0 Å². The second-order valence-electron chi connectivity index (χ2n) is 4.76. The molecule has 0 radical (unpaired) electrons. The molecule has 0 bridgehead atoms. The van der Waals surface area contributed by atoms with Gasteiger partial charge in [-0.05, 0) is 37.3 Å². The van der Waals surface area contributed by atoms with Crippen LogP contribution in [0.1, 0.15) is 37.7 Å². The maximum Gasteiger partial charge on any atom is 0.155 e. The fourth-order valence-corrected chi connectivity index (χ4v) is 2.22. The highest BCUT2D eigenvalue weighted by atomic mass is 16.5. The smallest absolute Gasteiger partial charge is 0.155 e. The van der Waals surface area contributed by atoms with Gasteiger partial charge in [0.2, 0.25) is 0 Å². The van der Waals surface area contributed by atoms with E-state index in [1.54, 1.807) is 0 Å². The van der Waals surface area contributed by atoms with Gasteiger partial charge in [0.1, 0.15) is 0 Å². The predicted molar refractivity (Wildman–Crippen MR) is 72.3 cm³/mol. The number of allylic oxidation sites excluding steroid dienone is 2. The fraction of sp³-hybridized carbons (Fsp3) is 0.438. The summed E-state index contributed by atoms with van der Waals surface area (Å²) in [7, 11) is 0. The third-order valence-electron chi connectivity index (χ3n) is 3.18. The van der Waals surface area contributed by atoms with Crippen molar-refractivity contribution < 1.29 is 9.53 Å². The van der Waals surface area contributed by atoms with E-state index in [0.717, 1.165) is 38.7 Å². The number of ether oxygens (including phenoxy) is 1. The van der Waals surface area contributed by atoms with E-state index in [-0.39, 0.29) is 0 Å². The normalized spacial score (nSPS) is 15.6. The van der Waals surface area contributed by atoms with Gasteiger partial charge in [0.25, 0.3) is 0 Å². The fourth-order valence-electron chi connectivity index (χ4n) is 2.22. The van der Waals surface area contributed by atoms with Gasteiger partial charge in [-0.1, -0.05) is 35.9 Å². The minimum absolute atomic E-state index is 0.293. The molecule has 0 fully saturated rings. The molecule has 1 aromatic rings. The number of hydrogen-bond acceptors (Lipinski definition) is 2. The second-order valence-corrected chi connectivity index (χ2v) is 4.76. The van der Waals surface area contributed by atoms with Crippen LogP contribution in [0.25, 0.3) is 0 Å². The lowest BCUT2D eigenvalue weighted by Crippen LogP contribution is -2.03. The molecular weight excluding hydrogens is 224 g/mol. The summed E-state index contributed by atoms with van der Waals surface area (Å²) in [6.07, 6.45) is 6.68. The Labute approximate surface area is 109 Å². The van der Waals surface area contributed by atoms with Crippen molar-refractivity contribution in [2.45, 2.75) is 38.7 Å². The first-order chi connectivity index (χ1) is 8.84. The molecule has 2 rings (SSSR count). The van der Waals surface area contributed by atoms with Crippen LogP contribution in [0.5, 0.6) is 0 Å². The van der Waals surface area contributed by atoms with Gasteiger partial charge in [0, 0.05) is 13.0 Å². The second kappa shape index (κ2) is 7.12. The molecule has 0 unspecified atom stereocenters. The third-order valence-corrected chi connectivity index (χ3v) is 3.18. The quantitative estimate of drug-likeness (QED) is 0.714. The van der Waals surface area contributed by atoms with Crippen LogP contribution < -0.4 is 0 Å². The molecule has 0 N–H and O–H groups in total. The summed E-state index contributed by atoms with van der Waals surface area (Å²) >= 11 is 0. The zero-order valence-corrected chi connectivity index (χ0v) is 10.7. The van der Waals surface area contributed by atoms with Crippen molar-refractivity contribution >= 4 is 5.78 Å². The van der Waals surface area contributed by atoms with Crippen molar-refractivity contribution in [2.75, 3.05) is 6.61 Å². The largest absolute Gasteiger partial charge is 0.377 e. The Morgan fingerprint density at radius 1 is 1.11 bits per heavy atom. The molecule has 1 aliphatic rings. The Balaban J connectivity index is 1.60. The minimum atomic E-state index is 0.293. The number of rotatable bonds is 6. The van der Waals surface area contributed by atoms with E-state index in [4.69, 9.17) is 4.74 Å². The van der Waals surface area contributed by atoms with E-state index in [1.807, 2.05) is 24.3 Å². The topological polar surface area (TPSA) is 26.3 Å². The molecule has 2 nitrogen and oxygen atoms in total. The van der Waals surface area contributed by atoms with Gasteiger partial charge in [0.15, 0.2) is 5.78 Å². The number of carbonyl (C=O) groups excluding carboxylic acids is 1. The average Bonchev–Trinajstić information content (AvgIpc) is 2.40. The van der Waals surface area contributed by atoms with Gasteiger partial charge < -0.3 is 4.74 Å². The molecule has 0 spiro atoms. The summed E-state index contributed by atoms with van der Waals surface area (Å²) in [6.45, 7) is 1.44. The summed E-state index contributed by atoms with van der Waals surface area (Å²) in [4.78, 5) is 11.2. The van der Waals surface area contributed by atoms with Gasteiger partial charge in [0.05, 0.1) is 6.61 Å². The maximum atomic E-state index is 11.2. The summed E-state index contributed by atoms with van der Waals surface area (Å²) in [5.74, 6) is 0.293. The Morgan fingerprint density at radius 3 is 2.72 bits per heavy atom. The maximum absolute atomic E-state index is 11.2. The number of benzene rings is 1. The third kappa shape index (κ3) is 4.46. The Kier molecular flexibility index (Phi) is 5.15. The van der Waals surface area contributed by atoms with Crippen LogP contribution >= 0.6 is 0 Å². The van der Waals surface area contributed by atoms with Gasteiger partial charge in [-0.3, -0.25) is 4.79 Å². The van der Waals surface area contributed by atoms with Gasteiger partial charge in [-0.25, -0.2) is 0 Å². The highest BCUT2D eigenvalue weighted by molar-refractivity contribution is 5.91. The lowest BCUT2D eigenvalue weighted by Gasteiger charge is -2.11. The molecule has 0 saturated carbocycles. The lowest BCUT2D eigenvalue weighted by atomic mass is 9.95. The molecule has 0 heterocycles. The summed E-state index contributed by atoms with van der Waals surface area (Å²) in [5.41, 5.74) is 2.51. The average molecular weight is 244 g/mol. The first-order valence-corrected chi connectivity index (χ1v) is 6.68. The highest BCUT2D eigenvalue weighted by Gasteiger charge is 2.09. The molecule has 0 aliphatic heterocycles. The van der Waals surface area contributed by atoms with Crippen LogP contribution in [0.2, 0.25) is 0 Å². The van der Waals surface area contributed by atoms with Crippen molar-refractivity contribution in [2.24, 2.45) is 0 Å². The Morgan fingerprint density at radius 2 is 1.94 bits per heavy atom. The molecular formula is C16H20O2. The van der Waals surface area contributed by atoms with E-state index in [0.29, 0.717) is 12.4 Å². The highest BCUT2D eigenvalue weighted by Crippen LogP contribution is 2.19. The van der Waals surface area contributed by atoms with Crippen LogP contribution in [0.4, 0.5) is 0 Å².